The predicted molar refractivity (Wildman–Crippen MR) is 80.8 cm³/mol. The molecule has 2 amide bonds. The number of hydrogen-bond acceptors (Lipinski definition) is 2. The molecule has 0 spiro atoms. The monoisotopic (exact) mass is 273 g/mol. The zero-order valence-electron chi connectivity index (χ0n) is 12.2. The van der Waals surface area contributed by atoms with Gasteiger partial charge in [0, 0.05) is 24.3 Å². The van der Waals surface area contributed by atoms with Crippen LogP contribution in [-0.2, 0) is 0 Å². The van der Waals surface area contributed by atoms with Gasteiger partial charge in [0.1, 0.15) is 0 Å². The van der Waals surface area contributed by atoms with Crippen LogP contribution in [0.2, 0.25) is 0 Å². The average molecular weight is 273 g/mol. The molecule has 1 aromatic carbocycles. The lowest BCUT2D eigenvalue weighted by atomic mass is 10.1. The van der Waals surface area contributed by atoms with Gasteiger partial charge in [-0.05, 0) is 56.8 Å². The van der Waals surface area contributed by atoms with Crippen molar-refractivity contribution in [2.24, 2.45) is 5.92 Å². The van der Waals surface area contributed by atoms with Crippen molar-refractivity contribution in [2.75, 3.05) is 18.9 Å². The fourth-order valence-electron chi connectivity index (χ4n) is 3.42. The molecule has 1 aliphatic heterocycles. The van der Waals surface area contributed by atoms with Crippen molar-refractivity contribution in [3.05, 3.63) is 29.8 Å². The Kier molecular flexibility index (Phi) is 3.66. The highest BCUT2D eigenvalue weighted by Crippen LogP contribution is 2.37. The second kappa shape index (κ2) is 5.44. The van der Waals surface area contributed by atoms with Crippen LogP contribution in [0.15, 0.2) is 24.3 Å². The molecule has 1 aromatic rings. The number of urea groups is 1. The van der Waals surface area contributed by atoms with E-state index in [9.17, 15) is 4.79 Å². The SMILES string of the molecule is CNC(C)c1cccc(NC(=O)N2CC3CCC2C3)c1. The second-order valence-corrected chi connectivity index (χ2v) is 6.05. The summed E-state index contributed by atoms with van der Waals surface area (Å²) in [6.07, 6.45) is 3.67. The summed E-state index contributed by atoms with van der Waals surface area (Å²) >= 11 is 0. The van der Waals surface area contributed by atoms with Crippen LogP contribution in [0.3, 0.4) is 0 Å². The standard InChI is InChI=1S/C16H23N3O/c1-11(17-2)13-4-3-5-14(9-13)18-16(20)19-10-12-6-7-15(19)8-12/h3-5,9,11-12,15,17H,6-8,10H2,1-2H3,(H,18,20). The highest BCUT2D eigenvalue weighted by molar-refractivity contribution is 5.90. The fourth-order valence-corrected chi connectivity index (χ4v) is 3.42. The van der Waals surface area contributed by atoms with E-state index in [1.807, 2.05) is 30.1 Å². The smallest absolute Gasteiger partial charge is 0.321 e. The molecule has 4 heteroatoms. The zero-order chi connectivity index (χ0) is 14.1. The van der Waals surface area contributed by atoms with Crippen LogP contribution < -0.4 is 10.6 Å². The maximum Gasteiger partial charge on any atom is 0.322 e. The van der Waals surface area contributed by atoms with E-state index in [-0.39, 0.29) is 12.1 Å². The lowest BCUT2D eigenvalue weighted by molar-refractivity contribution is 0.194. The Morgan fingerprint density at radius 2 is 2.25 bits per heavy atom. The topological polar surface area (TPSA) is 44.4 Å². The maximum atomic E-state index is 12.4. The molecule has 3 rings (SSSR count). The van der Waals surface area contributed by atoms with Gasteiger partial charge in [-0.2, -0.15) is 0 Å². The molecule has 1 saturated heterocycles. The molecule has 4 nitrogen and oxygen atoms in total. The van der Waals surface area contributed by atoms with Gasteiger partial charge in [0.15, 0.2) is 0 Å². The van der Waals surface area contributed by atoms with E-state index in [1.54, 1.807) is 0 Å². The van der Waals surface area contributed by atoms with E-state index in [0.29, 0.717) is 6.04 Å². The van der Waals surface area contributed by atoms with Crippen LogP contribution in [-0.4, -0.2) is 30.6 Å². The number of likely N-dealkylation sites (tertiary alicyclic amines) is 1. The Morgan fingerprint density at radius 1 is 1.40 bits per heavy atom. The molecule has 0 radical (unpaired) electrons. The first kappa shape index (κ1) is 13.4. The Bertz CT molecular complexity index is 502. The second-order valence-electron chi connectivity index (χ2n) is 6.05. The Morgan fingerprint density at radius 3 is 2.90 bits per heavy atom. The minimum Gasteiger partial charge on any atom is -0.321 e. The normalized spacial score (nSPS) is 25.8. The zero-order valence-corrected chi connectivity index (χ0v) is 12.2. The fraction of sp³-hybridized carbons (Fsp3) is 0.562. The number of hydrogen-bond donors (Lipinski definition) is 2. The minimum atomic E-state index is 0.0615. The molecule has 1 heterocycles. The summed E-state index contributed by atoms with van der Waals surface area (Å²) in [4.78, 5) is 14.4. The van der Waals surface area contributed by atoms with Gasteiger partial charge in [0.2, 0.25) is 0 Å². The highest BCUT2D eigenvalue weighted by atomic mass is 16.2. The molecular formula is C16H23N3O. The van der Waals surface area contributed by atoms with Crippen molar-refractivity contribution in [3.63, 3.8) is 0 Å². The first-order chi connectivity index (χ1) is 9.67. The third kappa shape index (κ3) is 2.52. The Labute approximate surface area is 120 Å². The first-order valence-electron chi connectivity index (χ1n) is 7.52. The predicted octanol–water partition coefficient (Wildman–Crippen LogP) is 2.98. The summed E-state index contributed by atoms with van der Waals surface area (Å²) in [7, 11) is 1.94. The number of anilines is 1. The number of carbonyl (C=O) groups is 1. The van der Waals surface area contributed by atoms with Crippen LogP contribution in [0.5, 0.6) is 0 Å². The molecule has 2 aliphatic rings. The van der Waals surface area contributed by atoms with E-state index in [4.69, 9.17) is 0 Å². The van der Waals surface area contributed by atoms with Gasteiger partial charge in [0.05, 0.1) is 0 Å². The molecule has 2 fully saturated rings. The largest absolute Gasteiger partial charge is 0.322 e. The van der Waals surface area contributed by atoms with Gasteiger partial charge in [-0.15, -0.1) is 0 Å². The van der Waals surface area contributed by atoms with Crippen molar-refractivity contribution < 1.29 is 4.79 Å². The number of nitrogens with one attached hydrogen (secondary N) is 2. The third-order valence-corrected chi connectivity index (χ3v) is 4.74. The summed E-state index contributed by atoms with van der Waals surface area (Å²) in [5.41, 5.74) is 2.07. The Balaban J connectivity index is 1.67. The third-order valence-electron chi connectivity index (χ3n) is 4.74. The van der Waals surface area contributed by atoms with E-state index in [1.165, 1.54) is 24.8 Å². The van der Waals surface area contributed by atoms with Gasteiger partial charge < -0.3 is 15.5 Å². The summed E-state index contributed by atoms with van der Waals surface area (Å²) in [6, 6.07) is 8.90. The lowest BCUT2D eigenvalue weighted by Crippen LogP contribution is -2.40. The highest BCUT2D eigenvalue weighted by Gasteiger charge is 2.40. The minimum absolute atomic E-state index is 0.0615. The number of fused-ring (bicyclic) bond motifs is 2. The van der Waals surface area contributed by atoms with E-state index in [0.717, 1.165) is 18.2 Å². The van der Waals surface area contributed by atoms with E-state index in [2.05, 4.69) is 23.6 Å². The average Bonchev–Trinajstić information content (AvgIpc) is 3.09. The van der Waals surface area contributed by atoms with Gasteiger partial charge in [-0.1, -0.05) is 12.1 Å². The molecule has 20 heavy (non-hydrogen) atoms. The molecule has 3 unspecified atom stereocenters. The molecule has 1 aliphatic carbocycles. The lowest BCUT2D eigenvalue weighted by Gasteiger charge is -2.27. The molecule has 108 valence electrons. The number of rotatable bonds is 3. The van der Waals surface area contributed by atoms with Crippen molar-refractivity contribution in [2.45, 2.75) is 38.3 Å². The summed E-state index contributed by atoms with van der Waals surface area (Å²) in [5, 5.41) is 6.26. The number of benzene rings is 1. The van der Waals surface area contributed by atoms with Crippen molar-refractivity contribution >= 4 is 11.7 Å². The van der Waals surface area contributed by atoms with Crippen LogP contribution in [0.1, 0.15) is 37.8 Å². The van der Waals surface area contributed by atoms with Crippen molar-refractivity contribution in [1.82, 2.24) is 10.2 Å². The molecule has 3 atom stereocenters. The molecule has 1 saturated carbocycles. The molecule has 0 aromatic heterocycles. The van der Waals surface area contributed by atoms with Crippen molar-refractivity contribution in [3.8, 4) is 0 Å². The van der Waals surface area contributed by atoms with Crippen LogP contribution >= 0.6 is 0 Å². The van der Waals surface area contributed by atoms with Gasteiger partial charge in [-0.25, -0.2) is 4.79 Å². The van der Waals surface area contributed by atoms with E-state index < -0.39 is 0 Å². The summed E-state index contributed by atoms with van der Waals surface area (Å²) < 4.78 is 0. The number of carbonyl (C=O) groups excluding carboxylic acids is 1. The molecule has 2 bridgehead atoms. The summed E-state index contributed by atoms with van der Waals surface area (Å²) in [5.74, 6) is 0.737. The Hall–Kier alpha value is -1.55. The van der Waals surface area contributed by atoms with Crippen LogP contribution in [0.25, 0.3) is 0 Å². The number of nitrogens with zero attached hydrogens (tertiary/aromatic N) is 1. The van der Waals surface area contributed by atoms with Crippen molar-refractivity contribution in [1.29, 1.82) is 0 Å². The quantitative estimate of drug-likeness (QED) is 0.889. The van der Waals surface area contributed by atoms with Crippen LogP contribution in [0.4, 0.5) is 10.5 Å². The first-order valence-corrected chi connectivity index (χ1v) is 7.52. The van der Waals surface area contributed by atoms with Crippen LogP contribution in [0, 0.1) is 5.92 Å². The van der Waals surface area contributed by atoms with Gasteiger partial charge >= 0.3 is 6.03 Å². The summed E-state index contributed by atoms with van der Waals surface area (Å²) in [6.45, 7) is 3.05. The van der Waals surface area contributed by atoms with Gasteiger partial charge in [0.25, 0.3) is 0 Å². The molecular weight excluding hydrogens is 250 g/mol. The molecule has 2 N–H and O–H groups in total. The van der Waals surface area contributed by atoms with Gasteiger partial charge in [-0.3, -0.25) is 0 Å². The maximum absolute atomic E-state index is 12.4. The number of piperidine rings is 1. The number of amides is 2. The van der Waals surface area contributed by atoms with E-state index >= 15 is 0 Å².